The highest BCUT2D eigenvalue weighted by atomic mass is 79.9. The van der Waals surface area contributed by atoms with Crippen molar-refractivity contribution in [3.05, 3.63) is 46.1 Å². The number of nitrogens with one attached hydrogen (secondary N) is 1. The molecule has 0 aliphatic rings. The Balaban J connectivity index is 2.38. The highest BCUT2D eigenvalue weighted by Crippen LogP contribution is 2.25. The number of aromatic carboxylic acids is 1. The molecule has 1 aromatic heterocycles. The zero-order valence-electron chi connectivity index (χ0n) is 10.6. The van der Waals surface area contributed by atoms with Crippen LogP contribution in [-0.2, 0) is 10.0 Å². The van der Waals surface area contributed by atoms with Gasteiger partial charge in [0.1, 0.15) is 16.5 Å². The number of hydrogen-bond acceptors (Lipinski definition) is 4. The van der Waals surface area contributed by atoms with Gasteiger partial charge in [-0.15, -0.1) is 0 Å². The first-order chi connectivity index (χ1) is 9.70. The van der Waals surface area contributed by atoms with Gasteiger partial charge in [0.05, 0.1) is 10.2 Å². The number of furan rings is 1. The fraction of sp³-hybridized carbons (Fsp3) is 0.0833. The van der Waals surface area contributed by atoms with E-state index >= 15 is 0 Å². The third-order valence-electron chi connectivity index (χ3n) is 2.54. The maximum atomic E-state index is 13.1. The van der Waals surface area contributed by atoms with Crippen LogP contribution in [0.15, 0.2) is 38.1 Å². The van der Waals surface area contributed by atoms with Crippen LogP contribution in [0.4, 0.5) is 10.1 Å². The normalized spacial score (nSPS) is 11.4. The van der Waals surface area contributed by atoms with E-state index in [2.05, 4.69) is 20.7 Å². The molecule has 0 radical (unpaired) electrons. The van der Waals surface area contributed by atoms with E-state index in [1.807, 2.05) is 0 Å². The first kappa shape index (κ1) is 15.5. The van der Waals surface area contributed by atoms with Crippen LogP contribution in [0.3, 0.4) is 0 Å². The molecular formula is C12H9BrFNO5S. The van der Waals surface area contributed by atoms with E-state index in [1.54, 1.807) is 0 Å². The Hall–Kier alpha value is -1.87. The minimum absolute atomic E-state index is 0.0546. The van der Waals surface area contributed by atoms with Gasteiger partial charge in [-0.25, -0.2) is 17.6 Å². The lowest BCUT2D eigenvalue weighted by atomic mass is 10.3. The predicted octanol–water partition coefficient (Wildman–Crippen LogP) is 2.99. The molecule has 0 unspecified atom stereocenters. The van der Waals surface area contributed by atoms with Crippen molar-refractivity contribution >= 4 is 37.6 Å². The lowest BCUT2D eigenvalue weighted by Crippen LogP contribution is -2.13. The average molecular weight is 378 g/mol. The van der Waals surface area contributed by atoms with E-state index in [4.69, 9.17) is 9.52 Å². The summed E-state index contributed by atoms with van der Waals surface area (Å²) in [5.41, 5.74) is 0.126. The first-order valence-corrected chi connectivity index (χ1v) is 7.80. The maximum Gasteiger partial charge on any atom is 0.371 e. The van der Waals surface area contributed by atoms with E-state index in [0.29, 0.717) is 0 Å². The van der Waals surface area contributed by atoms with Gasteiger partial charge in [0.25, 0.3) is 10.0 Å². The molecule has 1 aromatic carbocycles. The van der Waals surface area contributed by atoms with Crippen molar-refractivity contribution in [1.82, 2.24) is 0 Å². The van der Waals surface area contributed by atoms with Crippen LogP contribution in [0.5, 0.6) is 0 Å². The molecule has 0 fully saturated rings. The molecule has 0 aliphatic carbocycles. The third-order valence-corrected chi connectivity index (χ3v) is 4.64. The van der Waals surface area contributed by atoms with Crippen molar-refractivity contribution in [2.75, 3.05) is 4.72 Å². The zero-order valence-corrected chi connectivity index (χ0v) is 13.0. The van der Waals surface area contributed by atoms with Crippen LogP contribution in [0.25, 0.3) is 0 Å². The number of aryl methyl sites for hydroxylation is 1. The summed E-state index contributed by atoms with van der Waals surface area (Å²) in [4.78, 5) is 10.5. The van der Waals surface area contributed by atoms with Crippen LogP contribution in [-0.4, -0.2) is 19.5 Å². The van der Waals surface area contributed by atoms with Gasteiger partial charge in [0, 0.05) is 6.07 Å². The number of anilines is 1. The standard InChI is InChI=1S/C12H9BrFNO5S/c1-6-11(5-10(20-6)12(16)17)21(18,19)15-7-2-3-9(14)8(13)4-7/h2-5,15H,1H3,(H,16,17). The van der Waals surface area contributed by atoms with Crippen molar-refractivity contribution in [3.63, 3.8) is 0 Å². The number of halogens is 2. The number of hydrogen-bond donors (Lipinski definition) is 2. The molecule has 21 heavy (non-hydrogen) atoms. The molecule has 2 aromatic rings. The number of carbonyl (C=O) groups is 1. The van der Waals surface area contributed by atoms with Crippen LogP contribution in [0, 0.1) is 12.7 Å². The third kappa shape index (κ3) is 3.24. The van der Waals surface area contributed by atoms with Crippen LogP contribution >= 0.6 is 15.9 Å². The van der Waals surface area contributed by atoms with Gasteiger partial charge < -0.3 is 9.52 Å². The first-order valence-electron chi connectivity index (χ1n) is 5.52. The summed E-state index contributed by atoms with van der Waals surface area (Å²) in [7, 11) is -4.04. The van der Waals surface area contributed by atoms with Crippen molar-refractivity contribution in [2.24, 2.45) is 0 Å². The van der Waals surface area contributed by atoms with Gasteiger partial charge in [-0.1, -0.05) is 0 Å². The number of carboxylic acid groups (broad SMARTS) is 1. The second-order valence-corrected chi connectivity index (χ2v) is 6.58. The topological polar surface area (TPSA) is 96.6 Å². The van der Waals surface area contributed by atoms with Gasteiger partial charge in [-0.05, 0) is 41.1 Å². The van der Waals surface area contributed by atoms with Crippen molar-refractivity contribution < 1.29 is 27.1 Å². The summed E-state index contributed by atoms with van der Waals surface area (Å²) in [5, 5.41) is 8.79. The van der Waals surface area contributed by atoms with Crippen molar-refractivity contribution in [1.29, 1.82) is 0 Å². The second-order valence-electron chi connectivity index (χ2n) is 4.07. The molecule has 0 saturated heterocycles. The van der Waals surface area contributed by atoms with E-state index in [-0.39, 0.29) is 20.8 Å². The summed E-state index contributed by atoms with van der Waals surface area (Å²) in [5.74, 6) is -2.44. The minimum Gasteiger partial charge on any atom is -0.475 e. The van der Waals surface area contributed by atoms with Gasteiger partial charge in [-0.3, -0.25) is 4.72 Å². The van der Waals surface area contributed by atoms with Gasteiger partial charge in [0.2, 0.25) is 5.76 Å². The van der Waals surface area contributed by atoms with Gasteiger partial charge in [-0.2, -0.15) is 0 Å². The lowest BCUT2D eigenvalue weighted by Gasteiger charge is -2.07. The maximum absolute atomic E-state index is 13.1. The number of rotatable bonds is 4. The van der Waals surface area contributed by atoms with E-state index < -0.39 is 27.6 Å². The number of sulfonamides is 1. The summed E-state index contributed by atoms with van der Waals surface area (Å²) < 4.78 is 44.6. The molecule has 112 valence electrons. The molecule has 0 spiro atoms. The Bertz CT molecular complexity index is 815. The lowest BCUT2D eigenvalue weighted by molar-refractivity contribution is 0.0661. The van der Waals surface area contributed by atoms with Crippen LogP contribution in [0.1, 0.15) is 16.3 Å². The smallest absolute Gasteiger partial charge is 0.371 e. The molecule has 2 rings (SSSR count). The summed E-state index contributed by atoms with van der Waals surface area (Å²) >= 11 is 2.94. The highest BCUT2D eigenvalue weighted by molar-refractivity contribution is 9.10. The van der Waals surface area contributed by atoms with Crippen LogP contribution < -0.4 is 4.72 Å². The summed E-state index contributed by atoms with van der Waals surface area (Å²) in [6, 6.07) is 4.50. The molecule has 2 N–H and O–H groups in total. The molecule has 0 bridgehead atoms. The average Bonchev–Trinajstić information content (AvgIpc) is 2.77. The van der Waals surface area contributed by atoms with Gasteiger partial charge >= 0.3 is 5.97 Å². The second kappa shape index (κ2) is 5.49. The van der Waals surface area contributed by atoms with E-state index in [0.717, 1.165) is 12.1 Å². The van der Waals surface area contributed by atoms with Crippen molar-refractivity contribution in [3.8, 4) is 0 Å². The highest BCUT2D eigenvalue weighted by Gasteiger charge is 2.24. The molecule has 0 atom stereocenters. The largest absolute Gasteiger partial charge is 0.475 e. The molecule has 1 heterocycles. The van der Waals surface area contributed by atoms with Gasteiger partial charge in [0.15, 0.2) is 0 Å². The summed E-state index contributed by atoms with van der Waals surface area (Å²) in [6.07, 6.45) is 0. The minimum atomic E-state index is -4.04. The van der Waals surface area contributed by atoms with E-state index in [1.165, 1.54) is 19.1 Å². The quantitative estimate of drug-likeness (QED) is 0.853. The zero-order chi connectivity index (χ0) is 15.8. The molecule has 0 amide bonds. The Morgan fingerprint density at radius 3 is 2.57 bits per heavy atom. The number of carboxylic acids is 1. The molecule has 9 heteroatoms. The predicted molar refractivity (Wildman–Crippen MR) is 75.3 cm³/mol. The van der Waals surface area contributed by atoms with E-state index in [9.17, 15) is 17.6 Å². The van der Waals surface area contributed by atoms with Crippen LogP contribution in [0.2, 0.25) is 0 Å². The monoisotopic (exact) mass is 377 g/mol. The SMILES string of the molecule is Cc1oc(C(=O)O)cc1S(=O)(=O)Nc1ccc(F)c(Br)c1. The Morgan fingerprint density at radius 2 is 2.05 bits per heavy atom. The Labute approximate surface area is 127 Å². The fourth-order valence-electron chi connectivity index (χ4n) is 1.61. The Morgan fingerprint density at radius 1 is 1.38 bits per heavy atom. The molecule has 6 nitrogen and oxygen atoms in total. The summed E-state index contributed by atoms with van der Waals surface area (Å²) in [6.45, 7) is 1.33. The molecular weight excluding hydrogens is 369 g/mol. The van der Waals surface area contributed by atoms with Crippen molar-refractivity contribution in [2.45, 2.75) is 11.8 Å². The fourth-order valence-corrected chi connectivity index (χ4v) is 3.22. The Kier molecular flexibility index (Phi) is 4.06. The number of benzene rings is 1. The molecule has 0 aliphatic heterocycles. The molecule has 0 saturated carbocycles.